The van der Waals surface area contributed by atoms with Crippen LogP contribution in [0, 0.1) is 0 Å². The number of anilines is 1. The molecule has 2 aromatic carbocycles. The van der Waals surface area contributed by atoms with Crippen molar-refractivity contribution in [3.63, 3.8) is 0 Å². The number of aryl methyl sites for hydroxylation is 1. The van der Waals surface area contributed by atoms with Gasteiger partial charge in [-0.1, -0.05) is 37.6 Å². The van der Waals surface area contributed by atoms with E-state index in [9.17, 15) is 31.2 Å². The summed E-state index contributed by atoms with van der Waals surface area (Å²) in [5.41, 5.74) is 1.99. The van der Waals surface area contributed by atoms with Crippen LogP contribution in [0.25, 0.3) is 0 Å². The van der Waals surface area contributed by atoms with Crippen LogP contribution in [0.4, 0.5) is 18.3 Å². The molecule has 1 aliphatic rings. The number of hydrogen-bond donors (Lipinski definition) is 2. The number of amides is 1. The monoisotopic (exact) mass is 585 g/mol. The number of aromatic amines is 1. The molecule has 2 heterocycles. The predicted molar refractivity (Wildman–Crippen MR) is 138 cm³/mol. The summed E-state index contributed by atoms with van der Waals surface area (Å²) in [6, 6.07) is 10.3. The number of nitrogens with one attached hydrogen (secondary N) is 2. The number of benzene rings is 2. The Hall–Kier alpha value is -3.43. The van der Waals surface area contributed by atoms with Crippen LogP contribution >= 0.6 is 11.3 Å². The second-order valence-corrected chi connectivity index (χ2v) is 11.6. The molecule has 1 amide bonds. The third-order valence-corrected chi connectivity index (χ3v) is 8.75. The quantitative estimate of drug-likeness (QED) is 0.396. The number of alkyl halides is 3. The van der Waals surface area contributed by atoms with E-state index in [4.69, 9.17) is 0 Å². The molecule has 0 radical (unpaired) electrons. The van der Waals surface area contributed by atoms with Crippen molar-refractivity contribution < 1.29 is 31.1 Å². The molecule has 0 unspecified atom stereocenters. The summed E-state index contributed by atoms with van der Waals surface area (Å²) in [5, 5.41) is 9.34. The van der Waals surface area contributed by atoms with Gasteiger partial charge in [-0.3, -0.25) is 9.59 Å². The van der Waals surface area contributed by atoms with Crippen molar-refractivity contribution in [2.24, 2.45) is 0 Å². The standard InChI is InChI=1S/C24H26F3N5O5S2/c1-2-3-16-4-6-17(7-5-16)14-28-21(33)20-15-31(22-29-30-23(34)38-22)12-13-32(20)39(35,36)19-10-8-18(9-11-19)37-24(25,26)27/h4-11,20H,2-3,12-15H2,1H3,(H,28,33)(H,30,34)/t20-/m1/s1. The topological polar surface area (TPSA) is 125 Å². The zero-order chi connectivity index (χ0) is 28.2. The van der Waals surface area contributed by atoms with Gasteiger partial charge in [-0.05, 0) is 53.1 Å². The molecule has 210 valence electrons. The fourth-order valence-corrected chi connectivity index (χ4v) is 6.38. The molecule has 0 bridgehead atoms. The number of carbonyl (C=O) groups excluding carboxylic acids is 1. The van der Waals surface area contributed by atoms with E-state index < -0.39 is 39.0 Å². The van der Waals surface area contributed by atoms with E-state index in [0.29, 0.717) is 5.13 Å². The van der Waals surface area contributed by atoms with Gasteiger partial charge in [0.25, 0.3) is 0 Å². The summed E-state index contributed by atoms with van der Waals surface area (Å²) < 4.78 is 69.4. The third-order valence-electron chi connectivity index (χ3n) is 6.02. The smallest absolute Gasteiger partial charge is 0.406 e. The summed E-state index contributed by atoms with van der Waals surface area (Å²) in [6.07, 6.45) is -2.99. The van der Waals surface area contributed by atoms with Crippen LogP contribution in [0.2, 0.25) is 0 Å². The van der Waals surface area contributed by atoms with Crippen LogP contribution in [-0.2, 0) is 27.8 Å². The average Bonchev–Trinajstić information content (AvgIpc) is 3.33. The molecule has 1 saturated heterocycles. The minimum atomic E-state index is -4.92. The molecular weight excluding hydrogens is 559 g/mol. The second kappa shape index (κ2) is 11.8. The van der Waals surface area contributed by atoms with E-state index in [1.807, 2.05) is 24.3 Å². The van der Waals surface area contributed by atoms with Gasteiger partial charge in [-0.15, -0.1) is 18.3 Å². The first-order valence-corrected chi connectivity index (χ1v) is 14.3. The first kappa shape index (κ1) is 28.6. The van der Waals surface area contributed by atoms with E-state index in [1.54, 1.807) is 4.90 Å². The van der Waals surface area contributed by atoms with Crippen LogP contribution in [-0.4, -0.2) is 60.9 Å². The highest BCUT2D eigenvalue weighted by Crippen LogP contribution is 2.28. The molecule has 2 N–H and O–H groups in total. The van der Waals surface area contributed by atoms with Gasteiger partial charge in [0.2, 0.25) is 21.1 Å². The Bertz CT molecular complexity index is 1440. The molecule has 1 aliphatic heterocycles. The Balaban J connectivity index is 1.55. The SMILES string of the molecule is CCCc1ccc(CNC(=O)[C@H]2CN(c3n[nH]c(=O)s3)CCN2S(=O)(=O)c2ccc(OC(F)(F)F)cc2)cc1. The normalized spacial score (nSPS) is 16.7. The highest BCUT2D eigenvalue weighted by Gasteiger charge is 2.41. The Labute approximate surface area is 226 Å². The number of sulfonamides is 1. The lowest BCUT2D eigenvalue weighted by molar-refractivity contribution is -0.274. The number of aromatic nitrogens is 2. The minimum Gasteiger partial charge on any atom is -0.406 e. The zero-order valence-electron chi connectivity index (χ0n) is 20.8. The minimum absolute atomic E-state index is 0.0867. The molecule has 10 nitrogen and oxygen atoms in total. The Morgan fingerprint density at radius 2 is 1.79 bits per heavy atom. The first-order valence-electron chi connectivity index (χ1n) is 12.0. The lowest BCUT2D eigenvalue weighted by Gasteiger charge is -2.39. The summed E-state index contributed by atoms with van der Waals surface area (Å²) in [4.78, 5) is 25.9. The van der Waals surface area contributed by atoms with Crippen LogP contribution < -0.4 is 19.8 Å². The Kier molecular flexibility index (Phi) is 8.61. The van der Waals surface area contributed by atoms with E-state index >= 15 is 0 Å². The van der Waals surface area contributed by atoms with E-state index in [-0.39, 0.29) is 31.1 Å². The largest absolute Gasteiger partial charge is 0.573 e. The van der Waals surface area contributed by atoms with Gasteiger partial charge in [-0.25, -0.2) is 13.5 Å². The van der Waals surface area contributed by atoms with Crippen LogP contribution in [0.5, 0.6) is 5.75 Å². The Morgan fingerprint density at radius 1 is 1.13 bits per heavy atom. The predicted octanol–water partition coefficient (Wildman–Crippen LogP) is 2.88. The molecule has 1 atom stereocenters. The molecule has 15 heteroatoms. The molecule has 3 aromatic rings. The average molecular weight is 586 g/mol. The fraction of sp³-hybridized carbons (Fsp3) is 0.375. The summed E-state index contributed by atoms with van der Waals surface area (Å²) >= 11 is 0.833. The lowest BCUT2D eigenvalue weighted by Crippen LogP contribution is -2.60. The number of rotatable bonds is 9. The second-order valence-electron chi connectivity index (χ2n) is 8.78. The lowest BCUT2D eigenvalue weighted by atomic mass is 10.1. The molecule has 4 rings (SSSR count). The van der Waals surface area contributed by atoms with Crippen molar-refractivity contribution in [3.8, 4) is 5.75 Å². The number of halogens is 3. The maximum Gasteiger partial charge on any atom is 0.573 e. The van der Waals surface area contributed by atoms with Crippen molar-refractivity contribution in [1.29, 1.82) is 0 Å². The molecule has 0 saturated carbocycles. The molecule has 39 heavy (non-hydrogen) atoms. The maximum atomic E-state index is 13.5. The van der Waals surface area contributed by atoms with Crippen molar-refractivity contribution >= 4 is 32.4 Å². The summed E-state index contributed by atoms with van der Waals surface area (Å²) in [6.45, 7) is 2.16. The number of piperazine rings is 1. The van der Waals surface area contributed by atoms with Gasteiger partial charge in [0.1, 0.15) is 11.8 Å². The number of nitrogens with zero attached hydrogens (tertiary/aromatic N) is 3. The van der Waals surface area contributed by atoms with E-state index in [0.717, 1.165) is 63.9 Å². The number of ether oxygens (including phenoxy) is 1. The fourth-order valence-electron chi connectivity index (χ4n) is 4.17. The number of hydrogen-bond acceptors (Lipinski definition) is 8. The number of H-pyrrole nitrogens is 1. The van der Waals surface area contributed by atoms with Gasteiger partial charge in [0.05, 0.1) is 4.90 Å². The zero-order valence-corrected chi connectivity index (χ0v) is 22.4. The first-order chi connectivity index (χ1) is 18.5. The van der Waals surface area contributed by atoms with Crippen molar-refractivity contribution in [3.05, 3.63) is 69.3 Å². The molecule has 1 aromatic heterocycles. The molecular formula is C24H26F3N5O5S2. The highest BCUT2D eigenvalue weighted by atomic mass is 32.2. The molecule has 0 spiro atoms. The number of carbonyl (C=O) groups is 1. The summed E-state index contributed by atoms with van der Waals surface area (Å²) in [5.74, 6) is -1.14. The van der Waals surface area contributed by atoms with Gasteiger partial charge < -0.3 is 15.0 Å². The maximum absolute atomic E-state index is 13.5. The molecule has 1 fully saturated rings. The highest BCUT2D eigenvalue weighted by molar-refractivity contribution is 7.89. The Morgan fingerprint density at radius 3 is 2.38 bits per heavy atom. The van der Waals surface area contributed by atoms with Gasteiger partial charge in [0.15, 0.2) is 0 Å². The van der Waals surface area contributed by atoms with Gasteiger partial charge in [-0.2, -0.15) is 4.31 Å². The van der Waals surface area contributed by atoms with Crippen LogP contribution in [0.3, 0.4) is 0 Å². The molecule has 0 aliphatic carbocycles. The van der Waals surface area contributed by atoms with Crippen LogP contribution in [0.1, 0.15) is 24.5 Å². The van der Waals surface area contributed by atoms with E-state index in [2.05, 4.69) is 27.2 Å². The third kappa shape index (κ3) is 7.16. The van der Waals surface area contributed by atoms with Gasteiger partial charge in [0, 0.05) is 26.2 Å². The van der Waals surface area contributed by atoms with Crippen molar-refractivity contribution in [2.75, 3.05) is 24.5 Å². The van der Waals surface area contributed by atoms with E-state index in [1.165, 1.54) is 0 Å². The van der Waals surface area contributed by atoms with Crippen LogP contribution in [0.15, 0.2) is 58.2 Å². The van der Waals surface area contributed by atoms with Crippen molar-refractivity contribution in [2.45, 2.75) is 43.6 Å². The van der Waals surface area contributed by atoms with Crippen molar-refractivity contribution in [1.82, 2.24) is 19.8 Å². The van der Waals surface area contributed by atoms with Gasteiger partial charge >= 0.3 is 11.2 Å². The summed E-state index contributed by atoms with van der Waals surface area (Å²) in [7, 11) is -4.29.